The topological polar surface area (TPSA) is 81.8 Å². The van der Waals surface area contributed by atoms with Gasteiger partial charge in [-0.15, -0.1) is 0 Å². The number of para-hydroxylation sites is 1. The normalized spacial score (nSPS) is 11.9. The van der Waals surface area contributed by atoms with Crippen LogP contribution in [0.1, 0.15) is 17.2 Å². The molecular weight excluding hydrogens is 270 g/mol. The SMILES string of the molecule is COc1ccc(C(OCc2ccccc2O)C(N)=O)cc1. The first-order valence-corrected chi connectivity index (χ1v) is 6.43. The molecular formula is C16H17NO4. The maximum Gasteiger partial charge on any atom is 0.251 e. The molecule has 0 spiro atoms. The largest absolute Gasteiger partial charge is 0.508 e. The van der Waals surface area contributed by atoms with Crippen molar-refractivity contribution < 1.29 is 19.4 Å². The molecule has 2 aromatic carbocycles. The van der Waals surface area contributed by atoms with E-state index in [-0.39, 0.29) is 12.4 Å². The number of hydrogen-bond donors (Lipinski definition) is 2. The first kappa shape index (κ1) is 14.9. The smallest absolute Gasteiger partial charge is 0.251 e. The Bertz CT molecular complexity index is 610. The third-order valence-electron chi connectivity index (χ3n) is 3.07. The van der Waals surface area contributed by atoms with Crippen molar-refractivity contribution in [1.29, 1.82) is 0 Å². The Morgan fingerprint density at radius 2 is 1.86 bits per heavy atom. The van der Waals surface area contributed by atoms with Gasteiger partial charge in [0.2, 0.25) is 0 Å². The summed E-state index contributed by atoms with van der Waals surface area (Å²) in [6.07, 6.45) is -0.879. The van der Waals surface area contributed by atoms with Gasteiger partial charge in [0.15, 0.2) is 6.10 Å². The third kappa shape index (κ3) is 3.73. The van der Waals surface area contributed by atoms with Gasteiger partial charge in [-0.25, -0.2) is 0 Å². The summed E-state index contributed by atoms with van der Waals surface area (Å²) in [5, 5.41) is 9.69. The van der Waals surface area contributed by atoms with E-state index in [0.717, 1.165) is 0 Å². The number of phenolic OH excluding ortho intramolecular Hbond substituents is 1. The first-order valence-electron chi connectivity index (χ1n) is 6.43. The minimum atomic E-state index is -0.879. The second kappa shape index (κ2) is 6.76. The van der Waals surface area contributed by atoms with Crippen LogP contribution in [0.15, 0.2) is 48.5 Å². The first-order chi connectivity index (χ1) is 10.1. The van der Waals surface area contributed by atoms with E-state index in [0.29, 0.717) is 16.9 Å². The fraction of sp³-hybridized carbons (Fsp3) is 0.188. The minimum absolute atomic E-state index is 0.0896. The number of amides is 1. The van der Waals surface area contributed by atoms with E-state index in [1.807, 2.05) is 0 Å². The highest BCUT2D eigenvalue weighted by Crippen LogP contribution is 2.24. The van der Waals surface area contributed by atoms with Crippen LogP contribution in [0, 0.1) is 0 Å². The molecule has 2 aromatic rings. The van der Waals surface area contributed by atoms with Gasteiger partial charge in [-0.05, 0) is 23.8 Å². The quantitative estimate of drug-likeness (QED) is 0.853. The maximum absolute atomic E-state index is 11.6. The molecule has 0 aromatic heterocycles. The molecule has 110 valence electrons. The summed E-state index contributed by atoms with van der Waals surface area (Å²) in [5.41, 5.74) is 6.62. The van der Waals surface area contributed by atoms with Crippen LogP contribution in [-0.4, -0.2) is 18.1 Å². The number of carbonyl (C=O) groups is 1. The highest BCUT2D eigenvalue weighted by atomic mass is 16.5. The Balaban J connectivity index is 2.12. The number of carbonyl (C=O) groups excluding carboxylic acids is 1. The van der Waals surface area contributed by atoms with Crippen LogP contribution in [0.4, 0.5) is 0 Å². The number of benzene rings is 2. The van der Waals surface area contributed by atoms with Gasteiger partial charge in [-0.2, -0.15) is 0 Å². The van der Waals surface area contributed by atoms with E-state index >= 15 is 0 Å². The average molecular weight is 287 g/mol. The van der Waals surface area contributed by atoms with Crippen molar-refractivity contribution in [3.05, 3.63) is 59.7 Å². The molecule has 5 nitrogen and oxygen atoms in total. The highest BCUT2D eigenvalue weighted by Gasteiger charge is 2.19. The summed E-state index contributed by atoms with van der Waals surface area (Å²) in [6.45, 7) is 0.0896. The van der Waals surface area contributed by atoms with Crippen molar-refractivity contribution in [1.82, 2.24) is 0 Å². The summed E-state index contributed by atoms with van der Waals surface area (Å²) in [6, 6.07) is 13.7. The van der Waals surface area contributed by atoms with Gasteiger partial charge in [-0.3, -0.25) is 4.79 Å². The third-order valence-corrected chi connectivity index (χ3v) is 3.07. The van der Waals surface area contributed by atoms with Gasteiger partial charge in [0.1, 0.15) is 11.5 Å². The standard InChI is InChI=1S/C16H17NO4/c1-20-13-8-6-11(7-9-13)15(16(17)19)21-10-12-4-2-3-5-14(12)18/h2-9,15,18H,10H2,1H3,(H2,17,19). The van der Waals surface area contributed by atoms with Gasteiger partial charge < -0.3 is 20.3 Å². The van der Waals surface area contributed by atoms with Gasteiger partial charge >= 0.3 is 0 Å². The van der Waals surface area contributed by atoms with Crippen molar-refractivity contribution in [3.63, 3.8) is 0 Å². The molecule has 1 amide bonds. The number of primary amides is 1. The Labute approximate surface area is 122 Å². The molecule has 0 radical (unpaired) electrons. The molecule has 0 fully saturated rings. The second-order valence-corrected chi connectivity index (χ2v) is 4.50. The van der Waals surface area contributed by atoms with Crippen LogP contribution in [0.3, 0.4) is 0 Å². The van der Waals surface area contributed by atoms with E-state index in [4.69, 9.17) is 15.2 Å². The lowest BCUT2D eigenvalue weighted by atomic mass is 10.1. The Morgan fingerprint density at radius 3 is 2.43 bits per heavy atom. The van der Waals surface area contributed by atoms with Crippen molar-refractivity contribution >= 4 is 5.91 Å². The zero-order chi connectivity index (χ0) is 15.2. The number of phenols is 1. The van der Waals surface area contributed by atoms with Crippen molar-refractivity contribution in [3.8, 4) is 11.5 Å². The van der Waals surface area contributed by atoms with E-state index in [9.17, 15) is 9.90 Å². The summed E-state index contributed by atoms with van der Waals surface area (Å²) >= 11 is 0. The van der Waals surface area contributed by atoms with E-state index in [2.05, 4.69) is 0 Å². The number of nitrogens with two attached hydrogens (primary N) is 1. The molecule has 2 rings (SSSR count). The van der Waals surface area contributed by atoms with Crippen LogP contribution in [0.25, 0.3) is 0 Å². The minimum Gasteiger partial charge on any atom is -0.508 e. The van der Waals surface area contributed by atoms with E-state index < -0.39 is 12.0 Å². The summed E-state index contributed by atoms with van der Waals surface area (Å²) < 4.78 is 10.6. The second-order valence-electron chi connectivity index (χ2n) is 4.50. The van der Waals surface area contributed by atoms with Crippen molar-refractivity contribution in [2.45, 2.75) is 12.7 Å². The van der Waals surface area contributed by atoms with Gasteiger partial charge in [0, 0.05) is 5.56 Å². The summed E-state index contributed by atoms with van der Waals surface area (Å²) in [7, 11) is 1.56. The van der Waals surface area contributed by atoms with Crippen LogP contribution in [0.5, 0.6) is 11.5 Å². The van der Waals surface area contributed by atoms with Gasteiger partial charge in [0.25, 0.3) is 5.91 Å². The monoisotopic (exact) mass is 287 g/mol. The highest BCUT2D eigenvalue weighted by molar-refractivity contribution is 5.80. The number of hydrogen-bond acceptors (Lipinski definition) is 4. The van der Waals surface area contributed by atoms with Gasteiger partial charge in [0.05, 0.1) is 13.7 Å². The molecule has 0 heterocycles. The lowest BCUT2D eigenvalue weighted by Gasteiger charge is -2.16. The molecule has 1 atom stereocenters. The average Bonchev–Trinajstić information content (AvgIpc) is 2.49. The zero-order valence-corrected chi connectivity index (χ0v) is 11.7. The molecule has 3 N–H and O–H groups in total. The molecule has 0 aliphatic heterocycles. The van der Waals surface area contributed by atoms with E-state index in [1.165, 1.54) is 0 Å². The fourth-order valence-electron chi connectivity index (χ4n) is 1.93. The predicted octanol–water partition coefficient (Wildman–Crippen LogP) is 2.14. The van der Waals surface area contributed by atoms with Gasteiger partial charge in [-0.1, -0.05) is 30.3 Å². The lowest BCUT2D eigenvalue weighted by Crippen LogP contribution is -2.23. The molecule has 21 heavy (non-hydrogen) atoms. The molecule has 1 unspecified atom stereocenters. The molecule has 0 saturated carbocycles. The lowest BCUT2D eigenvalue weighted by molar-refractivity contribution is -0.130. The fourth-order valence-corrected chi connectivity index (χ4v) is 1.93. The molecule has 0 saturated heterocycles. The number of rotatable bonds is 6. The molecule has 0 bridgehead atoms. The Hall–Kier alpha value is -2.53. The van der Waals surface area contributed by atoms with E-state index in [1.54, 1.807) is 55.6 Å². The van der Waals surface area contributed by atoms with Crippen LogP contribution >= 0.6 is 0 Å². The maximum atomic E-state index is 11.6. The summed E-state index contributed by atoms with van der Waals surface area (Å²) in [4.78, 5) is 11.6. The Morgan fingerprint density at radius 1 is 1.19 bits per heavy atom. The molecule has 5 heteroatoms. The number of methoxy groups -OCH3 is 1. The van der Waals surface area contributed by atoms with Crippen LogP contribution in [-0.2, 0) is 16.1 Å². The Kier molecular flexibility index (Phi) is 4.79. The predicted molar refractivity (Wildman–Crippen MR) is 77.8 cm³/mol. The van der Waals surface area contributed by atoms with Crippen molar-refractivity contribution in [2.24, 2.45) is 5.73 Å². The number of aromatic hydroxyl groups is 1. The number of ether oxygens (including phenoxy) is 2. The van der Waals surface area contributed by atoms with Crippen LogP contribution < -0.4 is 10.5 Å². The molecule has 0 aliphatic carbocycles. The van der Waals surface area contributed by atoms with Crippen LogP contribution in [0.2, 0.25) is 0 Å². The zero-order valence-electron chi connectivity index (χ0n) is 11.7. The van der Waals surface area contributed by atoms with Crippen molar-refractivity contribution in [2.75, 3.05) is 7.11 Å². The molecule has 0 aliphatic rings. The summed E-state index contributed by atoms with van der Waals surface area (Å²) in [5.74, 6) is 0.216.